The molecule has 0 aliphatic carbocycles. The van der Waals surface area contributed by atoms with E-state index in [1.807, 2.05) is 6.08 Å². The molecule has 0 aliphatic heterocycles. The third-order valence-corrected chi connectivity index (χ3v) is 17.9. The molecule has 0 radical (unpaired) electrons. The van der Waals surface area contributed by atoms with Crippen LogP contribution in [0.25, 0.3) is 0 Å². The largest absolute Gasteiger partial charge is 0.466 e. The SMILES string of the molecule is CCCCC/C=C\C/C=C\CCCCCCCCCCCC(=O)OCCCCCCCCCCCCCCCCCCCCCCCCCCCC(=O)NC(CO)C(O)/C=C/CCCCCCCCCCCCCCCCCCCCCCC. The Morgan fingerprint density at radius 3 is 0.929 bits per heavy atom. The van der Waals surface area contributed by atoms with Crippen molar-refractivity contribution in [2.75, 3.05) is 13.2 Å². The van der Waals surface area contributed by atoms with Crippen LogP contribution in [-0.2, 0) is 14.3 Å². The molecule has 0 aromatic carbocycles. The van der Waals surface area contributed by atoms with Crippen molar-refractivity contribution in [1.29, 1.82) is 0 Å². The highest BCUT2D eigenvalue weighted by molar-refractivity contribution is 5.76. The lowest BCUT2D eigenvalue weighted by Gasteiger charge is -2.20. The molecule has 0 rings (SSSR count). The van der Waals surface area contributed by atoms with Crippen LogP contribution in [0.1, 0.15) is 425 Å². The Kier molecular flexibility index (Phi) is 71.9. The van der Waals surface area contributed by atoms with E-state index >= 15 is 0 Å². The number of amides is 1. The van der Waals surface area contributed by atoms with Crippen LogP contribution in [0.3, 0.4) is 0 Å². The van der Waals surface area contributed by atoms with Crippen LogP contribution in [0, 0.1) is 0 Å². The van der Waals surface area contributed by atoms with Crippen molar-refractivity contribution in [2.45, 2.75) is 437 Å². The van der Waals surface area contributed by atoms with E-state index in [4.69, 9.17) is 4.74 Å². The monoisotopic (exact) mass is 1180 g/mol. The summed E-state index contributed by atoms with van der Waals surface area (Å²) in [5.41, 5.74) is 0. The molecule has 0 fully saturated rings. The zero-order valence-electron chi connectivity index (χ0n) is 56.9. The fourth-order valence-corrected chi connectivity index (χ4v) is 12.1. The van der Waals surface area contributed by atoms with Crippen molar-refractivity contribution >= 4 is 11.9 Å². The molecular formula is C78H149NO5. The molecule has 6 nitrogen and oxygen atoms in total. The molecule has 2 unspecified atom stereocenters. The van der Waals surface area contributed by atoms with Gasteiger partial charge in [0.2, 0.25) is 5.91 Å². The summed E-state index contributed by atoms with van der Waals surface area (Å²) >= 11 is 0. The predicted octanol–water partition coefficient (Wildman–Crippen LogP) is 25.0. The minimum atomic E-state index is -0.845. The third-order valence-electron chi connectivity index (χ3n) is 17.9. The van der Waals surface area contributed by atoms with E-state index in [0.29, 0.717) is 19.4 Å². The van der Waals surface area contributed by atoms with Crippen LogP contribution in [0.15, 0.2) is 36.5 Å². The van der Waals surface area contributed by atoms with E-state index in [2.05, 4.69) is 43.5 Å². The lowest BCUT2D eigenvalue weighted by Crippen LogP contribution is -2.45. The number of rotatable bonds is 72. The minimum absolute atomic E-state index is 0.0130. The number of esters is 1. The van der Waals surface area contributed by atoms with Crippen LogP contribution >= 0.6 is 0 Å². The molecule has 0 saturated heterocycles. The van der Waals surface area contributed by atoms with Crippen molar-refractivity contribution in [2.24, 2.45) is 0 Å². The molecule has 3 N–H and O–H groups in total. The van der Waals surface area contributed by atoms with Gasteiger partial charge in [-0.1, -0.05) is 384 Å². The molecule has 2 atom stereocenters. The summed E-state index contributed by atoms with van der Waals surface area (Å²) in [5, 5.41) is 23.3. The van der Waals surface area contributed by atoms with Crippen LogP contribution in [-0.4, -0.2) is 47.4 Å². The van der Waals surface area contributed by atoms with Gasteiger partial charge in [0.25, 0.3) is 0 Å². The second-order valence-electron chi connectivity index (χ2n) is 26.3. The van der Waals surface area contributed by atoms with E-state index in [1.54, 1.807) is 6.08 Å². The molecule has 0 aromatic heterocycles. The van der Waals surface area contributed by atoms with Crippen LogP contribution in [0.2, 0.25) is 0 Å². The maximum absolute atomic E-state index is 12.5. The van der Waals surface area contributed by atoms with Crippen LogP contribution in [0.5, 0.6) is 0 Å². The molecule has 0 spiro atoms. The van der Waals surface area contributed by atoms with Gasteiger partial charge in [0.05, 0.1) is 25.4 Å². The van der Waals surface area contributed by atoms with E-state index in [0.717, 1.165) is 51.4 Å². The summed E-state index contributed by atoms with van der Waals surface area (Å²) in [6.07, 6.45) is 95.3. The summed E-state index contributed by atoms with van der Waals surface area (Å²) in [7, 11) is 0. The summed E-state index contributed by atoms with van der Waals surface area (Å²) in [5.74, 6) is -0.0487. The van der Waals surface area contributed by atoms with Gasteiger partial charge in [-0.05, 0) is 64.2 Å². The first-order valence-corrected chi connectivity index (χ1v) is 38.3. The summed E-state index contributed by atoms with van der Waals surface area (Å²) in [4.78, 5) is 24.7. The van der Waals surface area contributed by atoms with Crippen LogP contribution < -0.4 is 5.32 Å². The van der Waals surface area contributed by atoms with Crippen molar-refractivity contribution in [3.63, 3.8) is 0 Å². The van der Waals surface area contributed by atoms with Crippen molar-refractivity contribution in [3.8, 4) is 0 Å². The van der Waals surface area contributed by atoms with Gasteiger partial charge in [-0.2, -0.15) is 0 Å². The fraction of sp³-hybridized carbons (Fsp3) is 0.897. The number of hydrogen-bond donors (Lipinski definition) is 3. The first-order chi connectivity index (χ1) is 41.5. The standard InChI is InChI=1S/C78H149NO5/c1-3-5-7-9-11-13-15-17-19-21-23-24-28-31-35-38-42-46-50-54-58-62-66-70-76(81)75(74-80)79-77(82)71-67-63-59-55-51-47-43-39-36-32-29-26-25-27-30-33-37-41-45-49-53-57-61-65-69-73-84-78(83)72-68-64-60-56-52-48-44-40-34-22-20-18-16-14-12-10-8-6-4-2/h12,14,18,20,66,70,75-76,80-81H,3-11,13,15-17,19,21-65,67-69,71-74H2,1-2H3,(H,79,82)/b14-12-,20-18-,70-66+. The summed E-state index contributed by atoms with van der Waals surface area (Å²) < 4.78 is 5.51. The molecule has 1 amide bonds. The van der Waals surface area contributed by atoms with Crippen LogP contribution in [0.4, 0.5) is 0 Å². The van der Waals surface area contributed by atoms with Gasteiger partial charge in [0, 0.05) is 12.8 Å². The molecule has 0 aromatic rings. The molecular weight excluding hydrogens is 1030 g/mol. The molecule has 496 valence electrons. The van der Waals surface area contributed by atoms with Crippen molar-refractivity contribution < 1.29 is 24.5 Å². The quantitative estimate of drug-likeness (QED) is 0.0320. The van der Waals surface area contributed by atoms with Gasteiger partial charge in [-0.15, -0.1) is 0 Å². The topological polar surface area (TPSA) is 95.9 Å². The normalized spacial score (nSPS) is 12.7. The number of hydrogen-bond acceptors (Lipinski definition) is 5. The maximum atomic E-state index is 12.5. The molecule has 84 heavy (non-hydrogen) atoms. The minimum Gasteiger partial charge on any atom is -0.466 e. The Balaban J connectivity index is 3.38. The summed E-state index contributed by atoms with van der Waals surface area (Å²) in [6.45, 7) is 4.92. The van der Waals surface area contributed by atoms with Gasteiger partial charge in [0.1, 0.15) is 0 Å². The second kappa shape index (κ2) is 73.5. The van der Waals surface area contributed by atoms with Gasteiger partial charge in [-0.3, -0.25) is 9.59 Å². The highest BCUT2D eigenvalue weighted by Gasteiger charge is 2.18. The van der Waals surface area contributed by atoms with E-state index in [-0.39, 0.29) is 18.5 Å². The molecule has 0 bridgehead atoms. The van der Waals surface area contributed by atoms with Crippen molar-refractivity contribution in [1.82, 2.24) is 5.32 Å². The molecule has 6 heteroatoms. The Morgan fingerprint density at radius 2 is 0.595 bits per heavy atom. The number of ether oxygens (including phenoxy) is 1. The van der Waals surface area contributed by atoms with Gasteiger partial charge < -0.3 is 20.3 Å². The predicted molar refractivity (Wildman–Crippen MR) is 370 cm³/mol. The lowest BCUT2D eigenvalue weighted by atomic mass is 10.0. The number of aliphatic hydroxyl groups is 2. The first-order valence-electron chi connectivity index (χ1n) is 38.3. The number of allylic oxidation sites excluding steroid dienone is 5. The fourth-order valence-electron chi connectivity index (χ4n) is 12.1. The second-order valence-corrected chi connectivity index (χ2v) is 26.3. The van der Waals surface area contributed by atoms with Gasteiger partial charge in [-0.25, -0.2) is 0 Å². The highest BCUT2D eigenvalue weighted by atomic mass is 16.5. The highest BCUT2D eigenvalue weighted by Crippen LogP contribution is 2.19. The molecule has 0 heterocycles. The number of aliphatic hydroxyl groups excluding tert-OH is 2. The number of carbonyl (C=O) groups excluding carboxylic acids is 2. The van der Waals surface area contributed by atoms with E-state index in [1.165, 1.54) is 347 Å². The van der Waals surface area contributed by atoms with E-state index in [9.17, 15) is 19.8 Å². The van der Waals surface area contributed by atoms with Gasteiger partial charge in [0.15, 0.2) is 0 Å². The zero-order valence-corrected chi connectivity index (χ0v) is 56.9. The molecule has 0 saturated carbocycles. The lowest BCUT2D eigenvalue weighted by molar-refractivity contribution is -0.143. The number of unbranched alkanes of at least 4 members (excludes halogenated alkanes) is 57. The number of carbonyl (C=O) groups is 2. The van der Waals surface area contributed by atoms with E-state index < -0.39 is 12.1 Å². The Hall–Kier alpha value is -1.92. The zero-order chi connectivity index (χ0) is 60.6. The molecule has 0 aliphatic rings. The first kappa shape index (κ1) is 82.1. The third kappa shape index (κ3) is 69.2. The number of nitrogens with one attached hydrogen (secondary N) is 1. The maximum Gasteiger partial charge on any atom is 0.305 e. The average molecular weight is 1180 g/mol. The smallest absolute Gasteiger partial charge is 0.305 e. The Bertz CT molecular complexity index is 1360. The Labute approximate surface area is 525 Å². The van der Waals surface area contributed by atoms with Crippen molar-refractivity contribution in [3.05, 3.63) is 36.5 Å². The Morgan fingerprint density at radius 1 is 0.333 bits per heavy atom. The van der Waals surface area contributed by atoms with Gasteiger partial charge >= 0.3 is 5.97 Å². The summed E-state index contributed by atoms with van der Waals surface area (Å²) in [6, 6.07) is -0.628. The average Bonchev–Trinajstić information content (AvgIpc) is 3.51.